The van der Waals surface area contributed by atoms with Crippen LogP contribution in [0, 0.1) is 17.3 Å². The van der Waals surface area contributed by atoms with Crippen LogP contribution in [0.1, 0.15) is 94.9 Å². The Morgan fingerprint density at radius 1 is 0.767 bits per heavy atom. The first kappa shape index (κ1) is 55.1. The van der Waals surface area contributed by atoms with Crippen LogP contribution >= 0.6 is 0 Å². The molecule has 1 saturated carbocycles. The fourth-order valence-corrected chi connectivity index (χ4v) is 1.48. The van der Waals surface area contributed by atoms with Gasteiger partial charge < -0.3 is 43.2 Å². The van der Waals surface area contributed by atoms with Crippen molar-refractivity contribution in [2.45, 2.75) is 101 Å². The standard InChI is InChI=1S/C5H11NO.C5H12.C4H10O2.C4H8O.C4H10O.C4H8.2C3H8O.C2H6O/c1-6-2-4-7-5-3-6;1-5(2,3)4;1-4(5-2)6-3;1-4-2-5-3-4;1-3-4-5-2;1-4-2-3-4;1-3-4-2;1-2-3-4;1-3-2/h2-5H2,1H3;1-4H3;4H,1-3H3;4H,2-3H2,1H3;3-4H2,1-2H3;4H,2-3H2,1H3;3H2,1-2H3;4H,2-3H2,1H3;1-2H3. The van der Waals surface area contributed by atoms with E-state index in [1.807, 2.05) is 20.8 Å². The number of hydrogen-bond acceptors (Lipinski definition) is 9. The average Bonchev–Trinajstić information content (AvgIpc) is 3.75. The molecule has 0 unspecified atom stereocenters. The molecule has 2 aliphatic heterocycles. The second kappa shape index (κ2) is 48.5. The smallest absolute Gasteiger partial charge is 0.154 e. The Labute approximate surface area is 270 Å². The molecule has 1 N–H and O–H groups in total. The van der Waals surface area contributed by atoms with Crippen LogP contribution in [-0.2, 0) is 33.2 Å². The molecule has 0 aromatic heterocycles. The lowest BCUT2D eigenvalue weighted by molar-refractivity contribution is -0.0877. The molecule has 3 rings (SSSR count). The van der Waals surface area contributed by atoms with Crippen LogP contribution in [0.3, 0.4) is 0 Å². The third-order valence-corrected chi connectivity index (χ3v) is 4.49. The number of hydrogen-bond donors (Lipinski definition) is 1. The van der Waals surface area contributed by atoms with Crippen LogP contribution in [0.25, 0.3) is 0 Å². The zero-order chi connectivity index (χ0) is 35.0. The van der Waals surface area contributed by atoms with Gasteiger partial charge in [0.05, 0.1) is 26.4 Å². The Balaban J connectivity index is -0.0000000905. The van der Waals surface area contributed by atoms with Crippen molar-refractivity contribution in [3.8, 4) is 0 Å². The number of aliphatic hydroxyl groups is 1. The van der Waals surface area contributed by atoms with E-state index in [0.29, 0.717) is 12.0 Å². The minimum absolute atomic E-state index is 0.0648. The van der Waals surface area contributed by atoms with Gasteiger partial charge in [0, 0.05) is 81.5 Å². The second-order valence-corrected chi connectivity index (χ2v) is 12.0. The largest absolute Gasteiger partial charge is 0.396 e. The summed E-state index contributed by atoms with van der Waals surface area (Å²) >= 11 is 0. The highest BCUT2D eigenvalue weighted by molar-refractivity contribution is 4.65. The molecule has 43 heavy (non-hydrogen) atoms. The Morgan fingerprint density at radius 3 is 1.14 bits per heavy atom. The maximum Gasteiger partial charge on any atom is 0.154 e. The Morgan fingerprint density at radius 2 is 1.09 bits per heavy atom. The fourth-order valence-electron chi connectivity index (χ4n) is 1.48. The fraction of sp³-hybridized carbons (Fsp3) is 1.00. The Hall–Kier alpha value is -0.360. The number of rotatable bonds is 6. The predicted molar refractivity (Wildman–Crippen MR) is 185 cm³/mol. The highest BCUT2D eigenvalue weighted by Crippen LogP contribution is 2.26. The van der Waals surface area contributed by atoms with Gasteiger partial charge in [-0.05, 0) is 45.1 Å². The summed E-state index contributed by atoms with van der Waals surface area (Å²) in [5.74, 6) is 1.93. The molecule has 0 bridgehead atoms. The molecule has 0 spiro atoms. The summed E-state index contributed by atoms with van der Waals surface area (Å²) in [5, 5.41) is 7.88. The summed E-state index contributed by atoms with van der Waals surface area (Å²) in [6.45, 7) is 29.0. The summed E-state index contributed by atoms with van der Waals surface area (Å²) < 4.78 is 32.8. The monoisotopic (exact) mass is 632 g/mol. The lowest BCUT2D eigenvalue weighted by atomic mass is 10.0. The van der Waals surface area contributed by atoms with Crippen molar-refractivity contribution in [1.29, 1.82) is 0 Å². The van der Waals surface area contributed by atoms with Crippen LogP contribution in [0.2, 0.25) is 0 Å². The quantitative estimate of drug-likeness (QED) is 0.310. The van der Waals surface area contributed by atoms with E-state index in [1.165, 1.54) is 12.8 Å². The van der Waals surface area contributed by atoms with Gasteiger partial charge in [0.15, 0.2) is 6.29 Å². The number of methoxy groups -OCH3 is 5. The zero-order valence-electron chi connectivity index (χ0n) is 32.2. The minimum Gasteiger partial charge on any atom is -0.396 e. The van der Waals surface area contributed by atoms with E-state index in [4.69, 9.17) is 19.3 Å². The van der Waals surface area contributed by atoms with Crippen LogP contribution in [0.15, 0.2) is 0 Å². The number of nitrogens with zero attached hydrogens (tertiary/aromatic N) is 1. The number of likely N-dealkylation sites (N-methyl/N-ethyl adjacent to an activating group) is 1. The first-order valence-corrected chi connectivity index (χ1v) is 16.0. The first-order valence-electron chi connectivity index (χ1n) is 16.0. The maximum atomic E-state index is 7.88. The number of morpholine rings is 1. The van der Waals surface area contributed by atoms with E-state index in [-0.39, 0.29) is 6.29 Å². The normalized spacial score (nSPS) is 15.1. The summed E-state index contributed by atoms with van der Waals surface area (Å²) in [6, 6.07) is 0. The Bertz CT molecular complexity index is 392. The van der Waals surface area contributed by atoms with Crippen molar-refractivity contribution >= 4 is 0 Å². The molecule has 3 fully saturated rings. The van der Waals surface area contributed by atoms with Gasteiger partial charge in [-0.15, -0.1) is 0 Å². The van der Waals surface area contributed by atoms with Crippen molar-refractivity contribution in [3.63, 3.8) is 0 Å². The SMILES string of the molecule is CC(C)(C)C.CC1CC1.CC1COC1.CCCO.CCCOC.CCOC.CN1CCOCC1.COC.COC(C)OC. The highest BCUT2D eigenvalue weighted by Gasteiger charge is 2.12. The van der Waals surface area contributed by atoms with Crippen molar-refractivity contribution in [2.24, 2.45) is 17.3 Å². The zero-order valence-corrected chi connectivity index (χ0v) is 32.2. The topological polar surface area (TPSA) is 88.1 Å². The molecule has 0 atom stereocenters. The van der Waals surface area contributed by atoms with Crippen LogP contribution in [0.4, 0.5) is 0 Å². The van der Waals surface area contributed by atoms with Gasteiger partial charge in [-0.2, -0.15) is 0 Å². The third kappa shape index (κ3) is 108. The second-order valence-electron chi connectivity index (χ2n) is 12.0. The van der Waals surface area contributed by atoms with E-state index < -0.39 is 0 Å². The summed E-state index contributed by atoms with van der Waals surface area (Å²) in [6.07, 6.45) is 4.90. The van der Waals surface area contributed by atoms with Crippen molar-refractivity contribution < 1.29 is 38.3 Å². The third-order valence-electron chi connectivity index (χ3n) is 4.49. The van der Waals surface area contributed by atoms with Gasteiger partial charge in [-0.1, -0.05) is 68.2 Å². The molecule has 270 valence electrons. The summed E-state index contributed by atoms with van der Waals surface area (Å²) in [7, 11) is 12.0. The molecular weight excluding hydrogens is 550 g/mol. The average molecular weight is 632 g/mol. The molecule has 9 nitrogen and oxygen atoms in total. The van der Waals surface area contributed by atoms with Crippen molar-refractivity contribution in [1.82, 2.24) is 4.90 Å². The van der Waals surface area contributed by atoms with Crippen LogP contribution in [0.5, 0.6) is 0 Å². The van der Waals surface area contributed by atoms with Crippen molar-refractivity contribution in [2.75, 3.05) is 109 Å². The minimum atomic E-state index is -0.0648. The lowest BCUT2D eigenvalue weighted by Gasteiger charge is -2.21. The van der Waals surface area contributed by atoms with E-state index >= 15 is 0 Å². The van der Waals surface area contributed by atoms with E-state index in [9.17, 15) is 0 Å². The maximum absolute atomic E-state index is 7.88. The predicted octanol–water partition coefficient (Wildman–Crippen LogP) is 7.04. The Kier molecular flexibility index (Phi) is 62.2. The molecule has 0 aromatic rings. The molecule has 2 saturated heterocycles. The lowest BCUT2D eigenvalue weighted by Crippen LogP contribution is -2.32. The molecule has 3 aliphatic rings. The molecule has 1 aliphatic carbocycles. The van der Waals surface area contributed by atoms with Crippen LogP contribution in [-0.4, -0.2) is 125 Å². The first-order chi connectivity index (χ1) is 20.1. The van der Waals surface area contributed by atoms with Crippen LogP contribution < -0.4 is 0 Å². The van der Waals surface area contributed by atoms with E-state index in [1.54, 1.807) is 42.7 Å². The van der Waals surface area contributed by atoms with Gasteiger partial charge in [0.2, 0.25) is 0 Å². The van der Waals surface area contributed by atoms with Gasteiger partial charge >= 0.3 is 0 Å². The van der Waals surface area contributed by atoms with E-state index in [0.717, 1.165) is 77.4 Å². The van der Waals surface area contributed by atoms with Gasteiger partial charge in [0.25, 0.3) is 0 Å². The molecule has 0 aromatic carbocycles. The summed E-state index contributed by atoms with van der Waals surface area (Å²) in [5.41, 5.74) is 0.500. The highest BCUT2D eigenvalue weighted by atomic mass is 16.7. The number of ether oxygens (including phenoxy) is 7. The molecular formula is C34H81NO8. The van der Waals surface area contributed by atoms with Gasteiger partial charge in [-0.25, -0.2) is 0 Å². The molecule has 2 heterocycles. The van der Waals surface area contributed by atoms with E-state index in [2.05, 4.69) is 79.4 Å². The summed E-state index contributed by atoms with van der Waals surface area (Å²) in [4.78, 5) is 2.27. The van der Waals surface area contributed by atoms with Gasteiger partial charge in [-0.3, -0.25) is 0 Å². The number of aliphatic hydroxyl groups excluding tert-OH is 1. The molecule has 0 radical (unpaired) electrons. The van der Waals surface area contributed by atoms with Crippen molar-refractivity contribution in [3.05, 3.63) is 0 Å². The molecule has 9 heteroatoms. The van der Waals surface area contributed by atoms with Gasteiger partial charge in [0.1, 0.15) is 0 Å². The molecule has 0 amide bonds.